The summed E-state index contributed by atoms with van der Waals surface area (Å²) in [5, 5.41) is 0. The first-order chi connectivity index (χ1) is 5.70. The van der Waals surface area contributed by atoms with E-state index in [2.05, 4.69) is 6.92 Å². The Morgan fingerprint density at radius 1 is 1.50 bits per heavy atom. The predicted octanol–water partition coefficient (Wildman–Crippen LogP) is 2.36. The normalized spacial score (nSPS) is 12.5. The number of unbranched alkanes of at least 4 members (excludes halogenated alkanes) is 1. The van der Waals surface area contributed by atoms with Crippen LogP contribution in [0.3, 0.4) is 0 Å². The molecule has 1 atom stereocenters. The summed E-state index contributed by atoms with van der Waals surface area (Å²) in [6, 6.07) is 0. The highest BCUT2D eigenvalue weighted by atomic mass is 16.1. The van der Waals surface area contributed by atoms with Gasteiger partial charge in [-0.15, -0.1) is 0 Å². The zero-order valence-electron chi connectivity index (χ0n) is 8.01. The van der Waals surface area contributed by atoms with Crippen LogP contribution in [0.1, 0.15) is 46.0 Å². The topological polar surface area (TPSA) is 34.1 Å². The van der Waals surface area contributed by atoms with Gasteiger partial charge in [0.2, 0.25) is 0 Å². The summed E-state index contributed by atoms with van der Waals surface area (Å²) < 4.78 is 0. The van der Waals surface area contributed by atoms with Crippen molar-refractivity contribution in [2.75, 3.05) is 0 Å². The number of hydrogen-bond donors (Lipinski definition) is 0. The lowest BCUT2D eigenvalue weighted by atomic mass is 9.94. The molecule has 0 radical (unpaired) electrons. The first kappa shape index (κ1) is 11.3. The molecule has 0 rings (SSSR count). The Morgan fingerprint density at radius 2 is 2.17 bits per heavy atom. The molecule has 0 aliphatic heterocycles. The lowest BCUT2D eigenvalue weighted by Crippen LogP contribution is -2.04. The molecule has 1 unspecified atom stereocenters. The molecule has 12 heavy (non-hydrogen) atoms. The average molecular weight is 170 g/mol. The zero-order valence-corrected chi connectivity index (χ0v) is 8.01. The minimum atomic E-state index is 0.257. The number of carbonyl (C=O) groups excluding carboxylic acids is 2. The first-order valence-electron chi connectivity index (χ1n) is 4.63. The fourth-order valence-electron chi connectivity index (χ4n) is 1.35. The molecule has 0 heterocycles. The fourth-order valence-corrected chi connectivity index (χ4v) is 1.35. The second-order valence-electron chi connectivity index (χ2n) is 3.28. The van der Waals surface area contributed by atoms with Crippen LogP contribution in [-0.2, 0) is 9.59 Å². The Bertz CT molecular complexity index is 141. The lowest BCUT2D eigenvalue weighted by Gasteiger charge is -2.10. The van der Waals surface area contributed by atoms with E-state index in [1.165, 1.54) is 0 Å². The monoisotopic (exact) mass is 170 g/mol. The largest absolute Gasteiger partial charge is 0.303 e. The van der Waals surface area contributed by atoms with Crippen LogP contribution < -0.4 is 0 Å². The van der Waals surface area contributed by atoms with E-state index in [1.807, 2.05) is 0 Å². The van der Waals surface area contributed by atoms with Crippen LogP contribution in [0.15, 0.2) is 0 Å². The molecule has 0 aliphatic rings. The minimum Gasteiger partial charge on any atom is -0.303 e. The summed E-state index contributed by atoms with van der Waals surface area (Å²) >= 11 is 0. The van der Waals surface area contributed by atoms with Gasteiger partial charge in [0.1, 0.15) is 12.1 Å². The van der Waals surface area contributed by atoms with E-state index < -0.39 is 0 Å². The Hall–Kier alpha value is -0.660. The fraction of sp³-hybridized carbons (Fsp3) is 0.800. The van der Waals surface area contributed by atoms with Crippen LogP contribution in [0.2, 0.25) is 0 Å². The molecule has 0 saturated carbocycles. The van der Waals surface area contributed by atoms with Crippen molar-refractivity contribution in [3.63, 3.8) is 0 Å². The average Bonchev–Trinajstić information content (AvgIpc) is 2.02. The Labute approximate surface area is 74.3 Å². The molecule has 0 amide bonds. The number of Topliss-reactive ketones (excluding diaryl/α,β-unsaturated/α-hetero) is 1. The number of aldehydes is 1. The van der Waals surface area contributed by atoms with E-state index in [-0.39, 0.29) is 5.78 Å². The van der Waals surface area contributed by atoms with Crippen LogP contribution in [0.25, 0.3) is 0 Å². The van der Waals surface area contributed by atoms with E-state index in [0.717, 1.165) is 25.5 Å². The highest BCUT2D eigenvalue weighted by Gasteiger charge is 2.07. The third kappa shape index (κ3) is 6.08. The summed E-state index contributed by atoms with van der Waals surface area (Å²) in [5.41, 5.74) is 0. The van der Waals surface area contributed by atoms with Crippen LogP contribution in [0, 0.1) is 5.92 Å². The minimum absolute atomic E-state index is 0.257. The van der Waals surface area contributed by atoms with Crippen molar-refractivity contribution in [1.29, 1.82) is 0 Å². The van der Waals surface area contributed by atoms with E-state index in [9.17, 15) is 9.59 Å². The van der Waals surface area contributed by atoms with E-state index in [1.54, 1.807) is 6.92 Å². The van der Waals surface area contributed by atoms with Crippen LogP contribution in [0.5, 0.6) is 0 Å². The summed E-state index contributed by atoms with van der Waals surface area (Å²) in [7, 11) is 0. The van der Waals surface area contributed by atoms with Crippen LogP contribution in [0.4, 0.5) is 0 Å². The molecular weight excluding hydrogens is 152 g/mol. The molecule has 0 aromatic carbocycles. The molecule has 0 saturated heterocycles. The number of carbonyl (C=O) groups is 2. The maximum atomic E-state index is 10.8. The van der Waals surface area contributed by atoms with Crippen molar-refractivity contribution in [2.45, 2.75) is 46.0 Å². The van der Waals surface area contributed by atoms with Gasteiger partial charge in [0.15, 0.2) is 0 Å². The van der Waals surface area contributed by atoms with E-state index in [0.29, 0.717) is 18.8 Å². The molecule has 0 N–H and O–H groups in total. The zero-order chi connectivity index (χ0) is 9.40. The van der Waals surface area contributed by atoms with Crippen LogP contribution in [-0.4, -0.2) is 12.1 Å². The second kappa shape index (κ2) is 7.01. The molecule has 0 fully saturated rings. The predicted molar refractivity (Wildman–Crippen MR) is 49.0 cm³/mol. The molecule has 70 valence electrons. The van der Waals surface area contributed by atoms with Gasteiger partial charge in [-0.25, -0.2) is 0 Å². The van der Waals surface area contributed by atoms with E-state index in [4.69, 9.17) is 0 Å². The van der Waals surface area contributed by atoms with Crippen molar-refractivity contribution in [3.05, 3.63) is 0 Å². The lowest BCUT2D eigenvalue weighted by molar-refractivity contribution is -0.117. The van der Waals surface area contributed by atoms with Gasteiger partial charge in [-0.2, -0.15) is 0 Å². The van der Waals surface area contributed by atoms with Gasteiger partial charge < -0.3 is 9.59 Å². The van der Waals surface area contributed by atoms with Gasteiger partial charge in [0.05, 0.1) is 0 Å². The third-order valence-electron chi connectivity index (χ3n) is 2.09. The third-order valence-corrected chi connectivity index (χ3v) is 2.09. The van der Waals surface area contributed by atoms with Crippen molar-refractivity contribution in [1.82, 2.24) is 0 Å². The molecule has 0 spiro atoms. The number of rotatable bonds is 7. The Balaban J connectivity index is 3.52. The van der Waals surface area contributed by atoms with Crippen molar-refractivity contribution < 1.29 is 9.59 Å². The van der Waals surface area contributed by atoms with Crippen molar-refractivity contribution in [2.24, 2.45) is 5.92 Å². The molecule has 2 nitrogen and oxygen atoms in total. The highest BCUT2D eigenvalue weighted by molar-refractivity contribution is 5.75. The molecular formula is C10H18O2. The quantitative estimate of drug-likeness (QED) is 0.434. The first-order valence-corrected chi connectivity index (χ1v) is 4.63. The van der Waals surface area contributed by atoms with Gasteiger partial charge in [-0.1, -0.05) is 13.3 Å². The van der Waals surface area contributed by atoms with E-state index >= 15 is 0 Å². The van der Waals surface area contributed by atoms with Gasteiger partial charge in [0.25, 0.3) is 0 Å². The van der Waals surface area contributed by atoms with Gasteiger partial charge in [-0.3, -0.25) is 0 Å². The molecule has 0 bridgehead atoms. The van der Waals surface area contributed by atoms with Gasteiger partial charge in [0, 0.05) is 12.8 Å². The Morgan fingerprint density at radius 3 is 2.58 bits per heavy atom. The summed E-state index contributed by atoms with van der Waals surface area (Å²) in [4.78, 5) is 20.8. The SMILES string of the molecule is CCC(CCCC=O)CC(C)=O. The Kier molecular flexibility index (Phi) is 6.63. The molecule has 0 aliphatic carbocycles. The van der Waals surface area contributed by atoms with Crippen molar-refractivity contribution in [3.8, 4) is 0 Å². The maximum Gasteiger partial charge on any atom is 0.130 e. The second-order valence-corrected chi connectivity index (χ2v) is 3.28. The molecule has 0 aromatic heterocycles. The van der Waals surface area contributed by atoms with Crippen LogP contribution >= 0.6 is 0 Å². The summed E-state index contributed by atoms with van der Waals surface area (Å²) in [6.45, 7) is 3.72. The smallest absolute Gasteiger partial charge is 0.130 e. The summed E-state index contributed by atoms with van der Waals surface area (Å²) in [5.74, 6) is 0.746. The van der Waals surface area contributed by atoms with Crippen molar-refractivity contribution >= 4 is 12.1 Å². The standard InChI is InChI=1S/C10H18O2/c1-3-10(8-9(2)12)6-4-5-7-11/h7,10H,3-6,8H2,1-2H3. The summed E-state index contributed by atoms with van der Waals surface area (Å²) in [6.07, 6.45) is 5.23. The highest BCUT2D eigenvalue weighted by Crippen LogP contribution is 2.16. The number of hydrogen-bond acceptors (Lipinski definition) is 2. The molecule has 2 heteroatoms. The molecule has 0 aromatic rings. The number of ketones is 1. The van der Waals surface area contributed by atoms with Gasteiger partial charge >= 0.3 is 0 Å². The van der Waals surface area contributed by atoms with Gasteiger partial charge in [-0.05, 0) is 25.7 Å². The maximum absolute atomic E-state index is 10.8.